The fourth-order valence-electron chi connectivity index (χ4n) is 2.28. The van der Waals surface area contributed by atoms with E-state index in [4.69, 9.17) is 0 Å². The largest absolute Gasteiger partial charge is 0.320 e. The number of alkyl halides is 2. The van der Waals surface area contributed by atoms with E-state index in [2.05, 4.69) is 74.1 Å². The first-order valence-corrected chi connectivity index (χ1v) is 10.3. The van der Waals surface area contributed by atoms with Crippen LogP contribution in [0.4, 0.5) is 0 Å². The Labute approximate surface area is 150 Å². The minimum atomic E-state index is 0.601. The average molecular weight is 430 g/mol. The predicted molar refractivity (Wildman–Crippen MR) is 103 cm³/mol. The monoisotopic (exact) mass is 428 g/mol. The molecule has 0 spiro atoms. The van der Waals surface area contributed by atoms with E-state index in [1.165, 1.54) is 57.8 Å². The van der Waals surface area contributed by atoms with Crippen LogP contribution in [0.1, 0.15) is 57.8 Å². The topological polar surface area (TPSA) is 0 Å². The molecule has 0 amide bonds. The van der Waals surface area contributed by atoms with Crippen LogP contribution in [0, 0.1) is 0 Å². The van der Waals surface area contributed by atoms with Gasteiger partial charge in [-0.25, -0.2) is 0 Å². The standard InChI is InChI=1S/C17H38Br2N2/c1-20(2,3)16(18)14-12-10-8-7-9-11-13-15-17(19)21(4,5)6/h16-17H,7-15H2,1-6H3/q+2. The molecule has 0 bridgehead atoms. The van der Waals surface area contributed by atoms with Gasteiger partial charge < -0.3 is 8.97 Å². The molecular formula is C17H38Br2N2+2. The minimum Gasteiger partial charge on any atom is -0.320 e. The van der Waals surface area contributed by atoms with Crippen molar-refractivity contribution in [3.63, 3.8) is 0 Å². The highest BCUT2D eigenvalue weighted by Gasteiger charge is 2.19. The van der Waals surface area contributed by atoms with Gasteiger partial charge in [-0.2, -0.15) is 0 Å². The van der Waals surface area contributed by atoms with E-state index in [-0.39, 0.29) is 0 Å². The Bertz CT molecular complexity index is 230. The van der Waals surface area contributed by atoms with Crippen LogP contribution in [-0.2, 0) is 0 Å². The highest BCUT2D eigenvalue weighted by atomic mass is 79.9. The highest BCUT2D eigenvalue weighted by molar-refractivity contribution is 9.09. The van der Waals surface area contributed by atoms with Crippen LogP contribution in [0.25, 0.3) is 0 Å². The zero-order chi connectivity index (χ0) is 16.5. The molecule has 0 aromatic rings. The SMILES string of the molecule is C[N+](C)(C)C(Br)CCCCCCCCCC(Br)[N+](C)(C)C. The van der Waals surface area contributed by atoms with E-state index < -0.39 is 0 Å². The summed E-state index contributed by atoms with van der Waals surface area (Å²) in [5, 5.41) is 0. The summed E-state index contributed by atoms with van der Waals surface area (Å²) in [6.07, 6.45) is 12.3. The molecule has 0 aromatic heterocycles. The minimum absolute atomic E-state index is 0.601. The van der Waals surface area contributed by atoms with Gasteiger partial charge in [0.2, 0.25) is 0 Å². The van der Waals surface area contributed by atoms with Crippen molar-refractivity contribution in [1.82, 2.24) is 0 Å². The second-order valence-electron chi connectivity index (χ2n) is 8.15. The number of halogens is 2. The molecule has 0 aliphatic carbocycles. The van der Waals surface area contributed by atoms with Gasteiger partial charge in [0.05, 0.1) is 42.3 Å². The van der Waals surface area contributed by atoms with Crippen molar-refractivity contribution in [2.75, 3.05) is 42.3 Å². The number of hydrogen-bond donors (Lipinski definition) is 0. The van der Waals surface area contributed by atoms with Gasteiger partial charge in [0.15, 0.2) is 0 Å². The quantitative estimate of drug-likeness (QED) is 0.170. The zero-order valence-electron chi connectivity index (χ0n) is 15.2. The molecule has 2 unspecified atom stereocenters. The fourth-order valence-corrected chi connectivity index (χ4v) is 2.93. The van der Waals surface area contributed by atoms with Crippen LogP contribution in [0.3, 0.4) is 0 Å². The van der Waals surface area contributed by atoms with Crippen LogP contribution in [0.2, 0.25) is 0 Å². The van der Waals surface area contributed by atoms with Crippen LogP contribution in [0.15, 0.2) is 0 Å². The molecule has 0 rings (SSSR count). The lowest BCUT2D eigenvalue weighted by molar-refractivity contribution is -0.879. The summed E-state index contributed by atoms with van der Waals surface area (Å²) in [7, 11) is 13.5. The molecule has 128 valence electrons. The Kier molecular flexibility index (Phi) is 11.1. The second-order valence-corrected chi connectivity index (χ2v) is 10.3. The fraction of sp³-hybridized carbons (Fsp3) is 1.00. The van der Waals surface area contributed by atoms with Crippen molar-refractivity contribution in [2.45, 2.75) is 67.7 Å². The summed E-state index contributed by atoms with van der Waals surface area (Å²) in [6.45, 7) is 0. The third-order valence-electron chi connectivity index (χ3n) is 4.07. The molecule has 2 atom stereocenters. The number of nitrogens with zero attached hydrogens (tertiary/aromatic N) is 2. The van der Waals surface area contributed by atoms with Crippen molar-refractivity contribution < 1.29 is 8.97 Å². The molecule has 0 saturated heterocycles. The summed E-state index contributed by atoms with van der Waals surface area (Å²) in [6, 6.07) is 0. The zero-order valence-corrected chi connectivity index (χ0v) is 18.3. The Balaban J connectivity index is 3.38. The van der Waals surface area contributed by atoms with Gasteiger partial charge in [-0.15, -0.1) is 0 Å². The number of hydrogen-bond acceptors (Lipinski definition) is 0. The lowest BCUT2D eigenvalue weighted by atomic mass is 10.1. The third kappa shape index (κ3) is 12.0. The molecular weight excluding hydrogens is 392 g/mol. The van der Waals surface area contributed by atoms with Gasteiger partial charge in [0.1, 0.15) is 9.90 Å². The Morgan fingerprint density at radius 3 is 1.00 bits per heavy atom. The maximum atomic E-state index is 3.80. The molecule has 21 heavy (non-hydrogen) atoms. The third-order valence-corrected chi connectivity index (χ3v) is 7.44. The van der Waals surface area contributed by atoms with Gasteiger partial charge >= 0.3 is 0 Å². The number of rotatable bonds is 12. The summed E-state index contributed by atoms with van der Waals surface area (Å²) < 4.78 is 2.03. The maximum absolute atomic E-state index is 3.80. The van der Waals surface area contributed by atoms with E-state index in [1.807, 2.05) is 0 Å². The molecule has 0 N–H and O–H groups in total. The first-order valence-electron chi connectivity index (χ1n) is 8.45. The Morgan fingerprint density at radius 2 is 0.762 bits per heavy atom. The van der Waals surface area contributed by atoms with E-state index >= 15 is 0 Å². The van der Waals surface area contributed by atoms with Gasteiger partial charge in [-0.05, 0) is 44.7 Å². The van der Waals surface area contributed by atoms with Gasteiger partial charge in [0.25, 0.3) is 0 Å². The number of unbranched alkanes of at least 4 members (excludes halogenated alkanes) is 6. The normalized spacial score (nSPS) is 16.0. The first-order chi connectivity index (χ1) is 9.55. The predicted octanol–water partition coefficient (Wildman–Crippen LogP) is 5.35. The number of quaternary nitrogens is 2. The van der Waals surface area contributed by atoms with Crippen molar-refractivity contribution in [3.8, 4) is 0 Å². The molecule has 0 aromatic carbocycles. The van der Waals surface area contributed by atoms with E-state index in [9.17, 15) is 0 Å². The molecule has 4 heteroatoms. The van der Waals surface area contributed by atoms with Crippen LogP contribution < -0.4 is 0 Å². The summed E-state index contributed by atoms with van der Waals surface area (Å²) in [5.74, 6) is 0. The second kappa shape index (κ2) is 10.6. The molecule has 2 nitrogen and oxygen atoms in total. The van der Waals surface area contributed by atoms with Gasteiger partial charge in [0, 0.05) is 12.8 Å². The molecule has 0 heterocycles. The van der Waals surface area contributed by atoms with Crippen molar-refractivity contribution in [1.29, 1.82) is 0 Å². The van der Waals surface area contributed by atoms with Crippen LogP contribution >= 0.6 is 31.9 Å². The molecule has 0 aliphatic rings. The maximum Gasteiger partial charge on any atom is 0.143 e. The lowest BCUT2D eigenvalue weighted by Gasteiger charge is -2.30. The van der Waals surface area contributed by atoms with E-state index in [0.29, 0.717) is 9.90 Å². The summed E-state index contributed by atoms with van der Waals surface area (Å²) in [4.78, 5) is 1.20. The Hall–Kier alpha value is 0.880. The average Bonchev–Trinajstić information content (AvgIpc) is 2.33. The smallest absolute Gasteiger partial charge is 0.143 e. The summed E-state index contributed by atoms with van der Waals surface area (Å²) >= 11 is 7.59. The molecule has 0 aliphatic heterocycles. The highest BCUT2D eigenvalue weighted by Crippen LogP contribution is 2.20. The van der Waals surface area contributed by atoms with Crippen LogP contribution in [0.5, 0.6) is 0 Å². The van der Waals surface area contributed by atoms with E-state index in [0.717, 1.165) is 8.97 Å². The van der Waals surface area contributed by atoms with Gasteiger partial charge in [-0.3, -0.25) is 0 Å². The van der Waals surface area contributed by atoms with Crippen molar-refractivity contribution in [3.05, 3.63) is 0 Å². The van der Waals surface area contributed by atoms with Crippen molar-refractivity contribution >= 4 is 31.9 Å². The molecule has 0 fully saturated rings. The molecule has 0 saturated carbocycles. The van der Waals surface area contributed by atoms with Crippen LogP contribution in [-0.4, -0.2) is 61.2 Å². The van der Waals surface area contributed by atoms with Gasteiger partial charge in [-0.1, -0.05) is 32.1 Å². The summed E-state index contributed by atoms with van der Waals surface area (Å²) in [5.41, 5.74) is 0. The molecule has 0 radical (unpaired) electrons. The Morgan fingerprint density at radius 1 is 0.524 bits per heavy atom. The van der Waals surface area contributed by atoms with Crippen molar-refractivity contribution in [2.24, 2.45) is 0 Å². The lowest BCUT2D eigenvalue weighted by Crippen LogP contribution is -2.41. The van der Waals surface area contributed by atoms with E-state index in [1.54, 1.807) is 0 Å². The first kappa shape index (κ1) is 21.9.